The van der Waals surface area contributed by atoms with Crippen LogP contribution in [-0.4, -0.2) is 0 Å². The number of thiophene rings is 1. The predicted octanol–water partition coefficient (Wildman–Crippen LogP) is 5.23. The van der Waals surface area contributed by atoms with Crippen molar-refractivity contribution in [3.05, 3.63) is 56.2 Å². The van der Waals surface area contributed by atoms with Crippen LogP contribution in [0.25, 0.3) is 0 Å². The van der Waals surface area contributed by atoms with Gasteiger partial charge in [0, 0.05) is 21.4 Å². The Morgan fingerprint density at radius 3 is 2.44 bits per heavy atom. The SMILES string of the molecule is Cc1ccccc1[C@@H](C)NC(C)c1sccc1Br. The van der Waals surface area contributed by atoms with Crippen molar-refractivity contribution in [1.82, 2.24) is 5.32 Å². The first-order chi connectivity index (χ1) is 8.59. The summed E-state index contributed by atoms with van der Waals surface area (Å²) in [6, 6.07) is 11.4. The van der Waals surface area contributed by atoms with Crippen molar-refractivity contribution < 1.29 is 0 Å². The highest BCUT2D eigenvalue weighted by atomic mass is 79.9. The van der Waals surface area contributed by atoms with Gasteiger partial charge < -0.3 is 5.32 Å². The lowest BCUT2D eigenvalue weighted by molar-refractivity contribution is 0.497. The van der Waals surface area contributed by atoms with Crippen molar-refractivity contribution in [3.63, 3.8) is 0 Å². The minimum absolute atomic E-state index is 0.356. The van der Waals surface area contributed by atoms with Gasteiger partial charge >= 0.3 is 0 Å². The van der Waals surface area contributed by atoms with Crippen LogP contribution in [0.15, 0.2) is 40.2 Å². The third-order valence-corrected chi connectivity index (χ3v) is 5.25. The molecule has 0 spiro atoms. The van der Waals surface area contributed by atoms with Crippen LogP contribution in [0.5, 0.6) is 0 Å². The van der Waals surface area contributed by atoms with Gasteiger partial charge in [0.1, 0.15) is 0 Å². The second kappa shape index (κ2) is 6.00. The van der Waals surface area contributed by atoms with E-state index in [9.17, 15) is 0 Å². The van der Waals surface area contributed by atoms with E-state index in [0.717, 1.165) is 0 Å². The van der Waals surface area contributed by atoms with E-state index < -0.39 is 0 Å². The second-order valence-corrected chi connectivity index (χ2v) is 6.40. The topological polar surface area (TPSA) is 12.0 Å². The number of halogens is 1. The lowest BCUT2D eigenvalue weighted by Crippen LogP contribution is -2.22. The Morgan fingerprint density at radius 1 is 1.11 bits per heavy atom. The maximum Gasteiger partial charge on any atom is 0.0402 e. The maximum absolute atomic E-state index is 3.66. The summed E-state index contributed by atoms with van der Waals surface area (Å²) < 4.78 is 1.20. The van der Waals surface area contributed by atoms with Gasteiger partial charge in [-0.3, -0.25) is 0 Å². The Morgan fingerprint density at radius 2 is 1.83 bits per heavy atom. The van der Waals surface area contributed by atoms with Crippen LogP contribution in [-0.2, 0) is 0 Å². The first kappa shape index (κ1) is 13.8. The Kier molecular flexibility index (Phi) is 4.60. The van der Waals surface area contributed by atoms with E-state index in [2.05, 4.69) is 77.7 Å². The first-order valence-corrected chi connectivity index (χ1v) is 7.81. The molecule has 0 fully saturated rings. The molecule has 1 nitrogen and oxygen atoms in total. The van der Waals surface area contributed by atoms with E-state index in [4.69, 9.17) is 0 Å². The summed E-state index contributed by atoms with van der Waals surface area (Å²) in [4.78, 5) is 1.36. The Bertz CT molecular complexity index is 521. The van der Waals surface area contributed by atoms with Crippen molar-refractivity contribution in [2.45, 2.75) is 32.9 Å². The molecule has 2 atom stereocenters. The molecule has 0 aliphatic rings. The van der Waals surface area contributed by atoms with Crippen molar-refractivity contribution >= 4 is 27.3 Å². The predicted molar refractivity (Wildman–Crippen MR) is 83.2 cm³/mol. The van der Waals surface area contributed by atoms with E-state index in [0.29, 0.717) is 12.1 Å². The lowest BCUT2D eigenvalue weighted by Gasteiger charge is -2.21. The first-order valence-electron chi connectivity index (χ1n) is 6.14. The molecule has 18 heavy (non-hydrogen) atoms. The molecule has 0 amide bonds. The smallest absolute Gasteiger partial charge is 0.0402 e. The van der Waals surface area contributed by atoms with E-state index >= 15 is 0 Å². The van der Waals surface area contributed by atoms with Gasteiger partial charge in [-0.05, 0) is 59.3 Å². The Balaban J connectivity index is 2.11. The van der Waals surface area contributed by atoms with Gasteiger partial charge in [0.15, 0.2) is 0 Å². The van der Waals surface area contributed by atoms with Crippen molar-refractivity contribution in [1.29, 1.82) is 0 Å². The molecule has 1 heterocycles. The fraction of sp³-hybridized carbons (Fsp3) is 0.333. The largest absolute Gasteiger partial charge is 0.303 e. The van der Waals surface area contributed by atoms with Gasteiger partial charge in [-0.1, -0.05) is 24.3 Å². The minimum atomic E-state index is 0.356. The second-order valence-electron chi connectivity index (χ2n) is 4.60. The number of hydrogen-bond acceptors (Lipinski definition) is 2. The average molecular weight is 324 g/mol. The van der Waals surface area contributed by atoms with Gasteiger partial charge in [-0.25, -0.2) is 0 Å². The van der Waals surface area contributed by atoms with Crippen molar-refractivity contribution in [3.8, 4) is 0 Å². The van der Waals surface area contributed by atoms with E-state index in [-0.39, 0.29) is 0 Å². The monoisotopic (exact) mass is 323 g/mol. The van der Waals surface area contributed by atoms with Gasteiger partial charge in [0.05, 0.1) is 0 Å². The minimum Gasteiger partial charge on any atom is -0.303 e. The van der Waals surface area contributed by atoms with Crippen LogP contribution in [0.1, 0.15) is 41.9 Å². The zero-order valence-electron chi connectivity index (χ0n) is 10.9. The summed E-state index contributed by atoms with van der Waals surface area (Å²) in [6.45, 7) is 6.60. The molecule has 3 heteroatoms. The summed E-state index contributed by atoms with van der Waals surface area (Å²) in [5, 5.41) is 5.78. The summed E-state index contributed by atoms with van der Waals surface area (Å²) in [5.74, 6) is 0. The highest BCUT2D eigenvalue weighted by molar-refractivity contribution is 9.10. The van der Waals surface area contributed by atoms with Crippen LogP contribution < -0.4 is 5.32 Å². The third kappa shape index (κ3) is 3.02. The van der Waals surface area contributed by atoms with Crippen LogP contribution in [0.3, 0.4) is 0 Å². The molecule has 96 valence electrons. The summed E-state index contributed by atoms with van der Waals surface area (Å²) in [5.41, 5.74) is 2.71. The van der Waals surface area contributed by atoms with E-state index in [1.54, 1.807) is 11.3 Å². The molecular formula is C15H18BrNS. The maximum atomic E-state index is 3.66. The van der Waals surface area contributed by atoms with Crippen LogP contribution in [0.4, 0.5) is 0 Å². The average Bonchev–Trinajstić information content (AvgIpc) is 2.76. The summed E-state index contributed by atoms with van der Waals surface area (Å²) in [6.07, 6.45) is 0. The van der Waals surface area contributed by atoms with Crippen molar-refractivity contribution in [2.24, 2.45) is 0 Å². The third-order valence-electron chi connectivity index (χ3n) is 3.19. The molecule has 1 aromatic heterocycles. The quantitative estimate of drug-likeness (QED) is 0.812. The number of hydrogen-bond donors (Lipinski definition) is 1. The molecule has 1 unspecified atom stereocenters. The van der Waals surface area contributed by atoms with E-state index in [1.807, 2.05) is 0 Å². The van der Waals surface area contributed by atoms with Gasteiger partial charge in [0.2, 0.25) is 0 Å². The van der Waals surface area contributed by atoms with E-state index in [1.165, 1.54) is 20.5 Å². The summed E-state index contributed by atoms with van der Waals surface area (Å²) >= 11 is 5.39. The Hall–Kier alpha value is -0.640. The molecule has 0 saturated carbocycles. The highest BCUT2D eigenvalue weighted by Gasteiger charge is 2.15. The number of benzene rings is 1. The van der Waals surface area contributed by atoms with Gasteiger partial charge in [-0.2, -0.15) is 0 Å². The standard InChI is InChI=1S/C15H18BrNS/c1-10-6-4-5-7-13(10)11(2)17-12(3)15-14(16)8-9-18-15/h4-9,11-12,17H,1-3H3/t11-,12?/m1/s1. The van der Waals surface area contributed by atoms with Crippen LogP contribution in [0, 0.1) is 6.92 Å². The lowest BCUT2D eigenvalue weighted by atomic mass is 10.0. The number of rotatable bonds is 4. The normalized spacial score (nSPS) is 14.4. The number of aryl methyl sites for hydroxylation is 1. The molecule has 0 saturated heterocycles. The number of nitrogens with one attached hydrogen (secondary N) is 1. The molecule has 2 aromatic rings. The molecule has 0 aliphatic heterocycles. The molecule has 2 rings (SSSR count). The molecule has 0 aliphatic carbocycles. The fourth-order valence-electron chi connectivity index (χ4n) is 2.23. The zero-order chi connectivity index (χ0) is 13.1. The molecule has 0 bridgehead atoms. The molecular weight excluding hydrogens is 306 g/mol. The van der Waals surface area contributed by atoms with Crippen molar-refractivity contribution in [2.75, 3.05) is 0 Å². The van der Waals surface area contributed by atoms with Gasteiger partial charge in [0.25, 0.3) is 0 Å². The van der Waals surface area contributed by atoms with Crippen LogP contribution >= 0.6 is 27.3 Å². The zero-order valence-corrected chi connectivity index (χ0v) is 13.3. The fourth-order valence-corrected chi connectivity index (χ4v) is 3.96. The van der Waals surface area contributed by atoms with Crippen LogP contribution in [0.2, 0.25) is 0 Å². The Labute approximate surface area is 121 Å². The van der Waals surface area contributed by atoms with Gasteiger partial charge in [-0.15, -0.1) is 11.3 Å². The molecule has 1 aromatic carbocycles. The summed E-state index contributed by atoms with van der Waals surface area (Å²) in [7, 11) is 0. The highest BCUT2D eigenvalue weighted by Crippen LogP contribution is 2.30. The molecule has 0 radical (unpaired) electrons. The molecule has 1 N–H and O–H groups in total.